The van der Waals surface area contributed by atoms with Gasteiger partial charge in [-0.25, -0.2) is 19.2 Å². The van der Waals surface area contributed by atoms with Crippen LogP contribution in [0.1, 0.15) is 182 Å². The molecule has 1 aromatic carbocycles. The molecule has 1 aromatic rings. The number of rotatable bonds is 20. The molecular weight excluding hydrogens is 981 g/mol. The van der Waals surface area contributed by atoms with Gasteiger partial charge in [0.15, 0.2) is 0 Å². The third kappa shape index (κ3) is 42.4. The van der Waals surface area contributed by atoms with Crippen molar-refractivity contribution in [3.05, 3.63) is 35.9 Å². The van der Waals surface area contributed by atoms with Gasteiger partial charge in [0.2, 0.25) is 0 Å². The SMILES string of the molecule is CC(C)(C)OC(=O)CC[C@H](NC(=O)N[C@H](CCC(=O)O)C(=O)OC(C)(C)C)C(C)(C)C.CC(C)(C)OC(=O)CC[C@H](NC(=O)N[C@H](CCC(=O)OCc1ccccc1)C(=O)OC(C)(C)C)C(C)(C)C.O=C=O.O=C=O. The van der Waals surface area contributed by atoms with Crippen LogP contribution in [0.2, 0.25) is 0 Å². The van der Waals surface area contributed by atoms with E-state index < -0.39 is 76.5 Å². The number of carboxylic acids is 1. The van der Waals surface area contributed by atoms with Crippen LogP contribution in [-0.4, -0.2) is 112 Å². The summed E-state index contributed by atoms with van der Waals surface area (Å²) in [5.41, 5.74) is -2.64. The molecule has 0 spiro atoms. The lowest BCUT2D eigenvalue weighted by molar-refractivity contribution is -0.193. The van der Waals surface area contributed by atoms with Gasteiger partial charge in [-0.3, -0.25) is 19.2 Å². The third-order valence-corrected chi connectivity index (χ3v) is 9.34. The van der Waals surface area contributed by atoms with Gasteiger partial charge in [-0.15, -0.1) is 0 Å². The quantitative estimate of drug-likeness (QED) is 0.0632. The van der Waals surface area contributed by atoms with Crippen LogP contribution in [0.4, 0.5) is 9.59 Å². The minimum absolute atomic E-state index is 0.00799. The maximum absolute atomic E-state index is 12.9. The second-order valence-corrected chi connectivity index (χ2v) is 23.3. The number of nitrogens with one attached hydrogen (secondary N) is 4. The summed E-state index contributed by atoms with van der Waals surface area (Å²) < 4.78 is 26.8. The van der Waals surface area contributed by atoms with Crippen molar-refractivity contribution in [2.45, 2.75) is 229 Å². The predicted octanol–water partition coefficient (Wildman–Crippen LogP) is 7.29. The van der Waals surface area contributed by atoms with Crippen LogP contribution in [-0.2, 0) is 78.2 Å². The van der Waals surface area contributed by atoms with Crippen molar-refractivity contribution < 1.29 is 86.3 Å². The van der Waals surface area contributed by atoms with E-state index in [9.17, 15) is 38.4 Å². The van der Waals surface area contributed by atoms with Gasteiger partial charge in [0.25, 0.3) is 0 Å². The summed E-state index contributed by atoms with van der Waals surface area (Å²) in [5.74, 6) is -3.64. The second kappa shape index (κ2) is 34.0. The molecule has 0 aliphatic rings. The Morgan fingerprint density at radius 2 is 0.760 bits per heavy atom. The standard InChI is InChI=1S/C29H46N2O7.C22H40N2O7.2CO2/c1-27(2,3)22(16-18-24(33)37-28(4,5)6)31-26(35)30-21(25(34)38-29(7,8)9)15-17-23(32)36-19-20-13-11-10-12-14-20;1-20(2,3)15(11-13-17(27)30-21(4,5)6)24-19(29)23-14(10-12-16(25)26)18(28)31-22(7,8)9;2*2-1-3/h10-14,21-22H,15-19H2,1-9H3,(H2,30,31,35);14-15H,10-13H2,1-9H3,(H,25,26)(H2,23,24,29);;/t21-,22+;14-,15+;;/m11../s1. The average molecular weight is 1070 g/mol. The Labute approximate surface area is 442 Å². The minimum Gasteiger partial charge on any atom is -0.481 e. The molecule has 1 rings (SSSR count). The molecule has 0 unspecified atom stereocenters. The highest BCUT2D eigenvalue weighted by molar-refractivity contribution is 5.85. The van der Waals surface area contributed by atoms with E-state index in [0.29, 0.717) is 12.8 Å². The number of urea groups is 2. The van der Waals surface area contributed by atoms with Crippen molar-refractivity contribution in [3.63, 3.8) is 0 Å². The number of esters is 5. The zero-order valence-electron chi connectivity index (χ0n) is 47.4. The maximum atomic E-state index is 12.9. The molecule has 22 heteroatoms. The summed E-state index contributed by atoms with van der Waals surface area (Å²) in [6.45, 7) is 32.7. The van der Waals surface area contributed by atoms with Gasteiger partial charge >= 0.3 is 60.2 Å². The predicted molar refractivity (Wildman–Crippen MR) is 272 cm³/mol. The first kappa shape index (κ1) is 72.6. The Morgan fingerprint density at radius 1 is 0.453 bits per heavy atom. The fourth-order valence-corrected chi connectivity index (χ4v) is 6.05. The van der Waals surface area contributed by atoms with E-state index in [1.165, 1.54) is 0 Å². The lowest BCUT2D eigenvalue weighted by Gasteiger charge is -2.32. The van der Waals surface area contributed by atoms with Crippen LogP contribution >= 0.6 is 0 Å². The summed E-state index contributed by atoms with van der Waals surface area (Å²) >= 11 is 0. The second-order valence-electron chi connectivity index (χ2n) is 23.3. The van der Waals surface area contributed by atoms with Crippen LogP contribution < -0.4 is 21.3 Å². The first-order valence-electron chi connectivity index (χ1n) is 24.4. The highest BCUT2D eigenvalue weighted by Crippen LogP contribution is 2.25. The van der Waals surface area contributed by atoms with E-state index in [1.54, 1.807) is 83.1 Å². The molecule has 4 amide bonds. The minimum atomic E-state index is -1.11. The highest BCUT2D eigenvalue weighted by atomic mass is 16.6. The fraction of sp³-hybridized carbons (Fsp3) is 0.698. The molecule has 0 fully saturated rings. The van der Waals surface area contributed by atoms with Crippen molar-refractivity contribution in [1.82, 2.24) is 21.3 Å². The number of hydrogen-bond acceptors (Lipinski definition) is 17. The van der Waals surface area contributed by atoms with E-state index in [-0.39, 0.29) is 86.2 Å². The first-order chi connectivity index (χ1) is 34.0. The number of ether oxygens (including phenoxy) is 5. The smallest absolute Gasteiger partial charge is 0.373 e. The summed E-state index contributed by atoms with van der Waals surface area (Å²) in [6.07, 6.45) is 0.969. The van der Waals surface area contributed by atoms with Gasteiger partial charge in [-0.1, -0.05) is 71.9 Å². The molecule has 75 heavy (non-hydrogen) atoms. The number of aliphatic carboxylic acids is 1. The fourth-order valence-electron chi connectivity index (χ4n) is 6.05. The van der Waals surface area contributed by atoms with Crippen molar-refractivity contribution >= 4 is 60.2 Å². The molecular formula is C53H86N4O18. The number of benzene rings is 1. The van der Waals surface area contributed by atoms with Crippen LogP contribution in [0, 0.1) is 10.8 Å². The first-order valence-corrected chi connectivity index (χ1v) is 24.4. The molecule has 0 saturated heterocycles. The molecule has 0 aliphatic heterocycles. The van der Waals surface area contributed by atoms with E-state index >= 15 is 0 Å². The lowest BCUT2D eigenvalue weighted by atomic mass is 9.84. The van der Waals surface area contributed by atoms with E-state index in [4.69, 9.17) is 48.0 Å². The molecule has 0 bridgehead atoms. The lowest BCUT2D eigenvalue weighted by Crippen LogP contribution is -2.53. The maximum Gasteiger partial charge on any atom is 0.373 e. The Bertz CT molecular complexity index is 2010. The molecule has 22 nitrogen and oxygen atoms in total. The Hall–Kier alpha value is -6.66. The number of carbonyl (C=O) groups is 8. The van der Waals surface area contributed by atoms with Gasteiger partial charge in [-0.2, -0.15) is 19.2 Å². The topological polar surface area (TPSA) is 319 Å². The average Bonchev–Trinajstić information content (AvgIpc) is 3.21. The zero-order chi connectivity index (χ0) is 59.2. The van der Waals surface area contributed by atoms with E-state index in [1.807, 2.05) is 71.9 Å². The Balaban J connectivity index is -0.00000127. The number of hydrogen-bond donors (Lipinski definition) is 5. The summed E-state index contributed by atoms with van der Waals surface area (Å²) in [5, 5.41) is 19.8. The van der Waals surface area contributed by atoms with E-state index in [2.05, 4.69) is 21.3 Å². The van der Waals surface area contributed by atoms with Crippen molar-refractivity contribution in [2.75, 3.05) is 0 Å². The molecule has 0 saturated carbocycles. The van der Waals surface area contributed by atoms with Crippen molar-refractivity contribution in [3.8, 4) is 0 Å². The van der Waals surface area contributed by atoms with Crippen LogP contribution in [0.3, 0.4) is 0 Å². The zero-order valence-corrected chi connectivity index (χ0v) is 47.4. The summed E-state index contributed by atoms with van der Waals surface area (Å²) in [4.78, 5) is 131. The van der Waals surface area contributed by atoms with E-state index in [0.717, 1.165) is 5.56 Å². The number of carbonyl (C=O) groups excluding carboxylic acids is 11. The monoisotopic (exact) mass is 1070 g/mol. The van der Waals surface area contributed by atoms with Gasteiger partial charge in [0, 0.05) is 37.8 Å². The van der Waals surface area contributed by atoms with Crippen LogP contribution in [0.15, 0.2) is 30.3 Å². The van der Waals surface area contributed by atoms with Gasteiger partial charge < -0.3 is 50.1 Å². The normalized spacial score (nSPS) is 13.0. The molecule has 0 aliphatic carbocycles. The Morgan fingerprint density at radius 3 is 1.05 bits per heavy atom. The Kier molecular flexibility index (Phi) is 32.9. The molecule has 0 radical (unpaired) electrons. The molecule has 4 atom stereocenters. The highest BCUT2D eigenvalue weighted by Gasteiger charge is 2.33. The largest absolute Gasteiger partial charge is 0.481 e. The number of amides is 4. The van der Waals surface area contributed by atoms with Crippen molar-refractivity contribution in [2.24, 2.45) is 10.8 Å². The van der Waals surface area contributed by atoms with Crippen LogP contribution in [0.5, 0.6) is 0 Å². The van der Waals surface area contributed by atoms with Crippen LogP contribution in [0.25, 0.3) is 0 Å². The van der Waals surface area contributed by atoms with Gasteiger partial charge in [0.05, 0.1) is 0 Å². The molecule has 426 valence electrons. The van der Waals surface area contributed by atoms with Crippen molar-refractivity contribution in [1.29, 1.82) is 0 Å². The molecule has 0 heterocycles. The number of carboxylic acid groups (broad SMARTS) is 1. The molecule has 5 N–H and O–H groups in total. The van der Waals surface area contributed by atoms with Gasteiger partial charge in [-0.05, 0) is 125 Å². The van der Waals surface area contributed by atoms with Gasteiger partial charge in [0.1, 0.15) is 41.1 Å². The third-order valence-electron chi connectivity index (χ3n) is 9.34. The summed E-state index contributed by atoms with van der Waals surface area (Å²) in [6, 6.07) is 5.08. The summed E-state index contributed by atoms with van der Waals surface area (Å²) in [7, 11) is 0. The molecule has 0 aromatic heterocycles.